The molecule has 0 fully saturated rings. The van der Waals surface area contributed by atoms with E-state index >= 15 is 0 Å². The Balaban J connectivity index is 2.04. The van der Waals surface area contributed by atoms with Crippen LogP contribution in [-0.4, -0.2) is 33.0 Å². The summed E-state index contributed by atoms with van der Waals surface area (Å²) < 4.78 is 7.43. The van der Waals surface area contributed by atoms with E-state index in [0.717, 1.165) is 17.0 Å². The van der Waals surface area contributed by atoms with E-state index in [-0.39, 0.29) is 5.75 Å². The number of nitrogens with two attached hydrogens (primary N) is 1. The van der Waals surface area contributed by atoms with E-state index in [0.29, 0.717) is 17.6 Å². The third-order valence-electron chi connectivity index (χ3n) is 3.69. The predicted octanol–water partition coefficient (Wildman–Crippen LogP) is 3.22. The second-order valence-electron chi connectivity index (χ2n) is 5.69. The molecule has 2 N–H and O–H groups in total. The van der Waals surface area contributed by atoms with E-state index in [4.69, 9.17) is 10.5 Å². The highest BCUT2D eigenvalue weighted by molar-refractivity contribution is 7.99. The van der Waals surface area contributed by atoms with Gasteiger partial charge in [0.1, 0.15) is 5.75 Å². The Morgan fingerprint density at radius 3 is 2.42 bits per heavy atom. The number of primary amides is 1. The minimum Gasteiger partial charge on any atom is -0.494 e. The number of aromatic nitrogens is 3. The van der Waals surface area contributed by atoms with Crippen molar-refractivity contribution < 1.29 is 9.53 Å². The molecular weight excluding hydrogens is 348 g/mol. The maximum atomic E-state index is 11.2. The Labute approximate surface area is 156 Å². The molecule has 1 amide bonds. The zero-order valence-corrected chi connectivity index (χ0v) is 15.5. The highest BCUT2D eigenvalue weighted by Gasteiger charge is 2.17. The Hall–Kier alpha value is -2.80. The molecule has 0 saturated heterocycles. The van der Waals surface area contributed by atoms with Crippen LogP contribution in [0, 0.1) is 6.92 Å². The first kappa shape index (κ1) is 18.0. The van der Waals surface area contributed by atoms with Gasteiger partial charge in [-0.25, -0.2) is 0 Å². The van der Waals surface area contributed by atoms with Gasteiger partial charge in [-0.3, -0.25) is 9.36 Å². The number of thioether (sulfide) groups is 1. The van der Waals surface area contributed by atoms with Crippen molar-refractivity contribution in [2.75, 3.05) is 12.4 Å². The van der Waals surface area contributed by atoms with Crippen molar-refractivity contribution in [3.63, 3.8) is 0 Å². The zero-order chi connectivity index (χ0) is 18.5. The average Bonchev–Trinajstić information content (AvgIpc) is 3.05. The van der Waals surface area contributed by atoms with Crippen molar-refractivity contribution >= 4 is 17.7 Å². The molecule has 0 bridgehead atoms. The fraction of sp³-hybridized carbons (Fsp3) is 0.211. The fourth-order valence-corrected chi connectivity index (χ4v) is 3.17. The van der Waals surface area contributed by atoms with Crippen molar-refractivity contribution in [3.05, 3.63) is 54.1 Å². The van der Waals surface area contributed by atoms with Crippen LogP contribution >= 0.6 is 11.8 Å². The van der Waals surface area contributed by atoms with Crippen LogP contribution in [0.3, 0.4) is 0 Å². The number of hydrogen-bond donors (Lipinski definition) is 1. The summed E-state index contributed by atoms with van der Waals surface area (Å²) in [7, 11) is 0. The third-order valence-corrected chi connectivity index (χ3v) is 4.64. The van der Waals surface area contributed by atoms with Crippen molar-refractivity contribution in [1.29, 1.82) is 0 Å². The second-order valence-corrected chi connectivity index (χ2v) is 6.63. The van der Waals surface area contributed by atoms with Gasteiger partial charge in [0.05, 0.1) is 12.4 Å². The molecule has 26 heavy (non-hydrogen) atoms. The van der Waals surface area contributed by atoms with Gasteiger partial charge in [0.25, 0.3) is 0 Å². The molecule has 134 valence electrons. The lowest BCUT2D eigenvalue weighted by molar-refractivity contribution is -0.115. The molecule has 7 heteroatoms. The molecule has 0 aliphatic carbocycles. The highest BCUT2D eigenvalue weighted by Crippen LogP contribution is 2.29. The maximum Gasteiger partial charge on any atom is 0.227 e. The number of amides is 1. The van der Waals surface area contributed by atoms with Gasteiger partial charge in [-0.2, -0.15) is 0 Å². The largest absolute Gasteiger partial charge is 0.494 e. The summed E-state index contributed by atoms with van der Waals surface area (Å²) in [5, 5.41) is 9.21. The average molecular weight is 368 g/mol. The number of carbonyl (C=O) groups is 1. The molecule has 0 unspecified atom stereocenters. The molecular formula is C19H20N4O2S. The van der Waals surface area contributed by atoms with E-state index < -0.39 is 5.91 Å². The molecule has 2 aromatic carbocycles. The van der Waals surface area contributed by atoms with Crippen LogP contribution in [-0.2, 0) is 4.79 Å². The minimum absolute atomic E-state index is 0.142. The Bertz CT molecular complexity index is 889. The van der Waals surface area contributed by atoms with Gasteiger partial charge in [-0.05, 0) is 38.1 Å². The summed E-state index contributed by atoms with van der Waals surface area (Å²) in [4.78, 5) is 11.2. The monoisotopic (exact) mass is 368 g/mol. The van der Waals surface area contributed by atoms with Crippen molar-refractivity contribution in [1.82, 2.24) is 14.8 Å². The fourth-order valence-electron chi connectivity index (χ4n) is 2.48. The van der Waals surface area contributed by atoms with Crippen LogP contribution in [0.4, 0.5) is 0 Å². The summed E-state index contributed by atoms with van der Waals surface area (Å²) in [6.07, 6.45) is 0. The van der Waals surface area contributed by atoms with E-state index in [9.17, 15) is 4.79 Å². The first-order chi connectivity index (χ1) is 12.6. The van der Waals surface area contributed by atoms with Crippen molar-refractivity contribution in [3.8, 4) is 22.8 Å². The van der Waals surface area contributed by atoms with E-state index in [1.165, 1.54) is 17.3 Å². The van der Waals surface area contributed by atoms with Crippen molar-refractivity contribution in [2.24, 2.45) is 5.73 Å². The number of benzene rings is 2. The summed E-state index contributed by atoms with van der Waals surface area (Å²) >= 11 is 1.27. The van der Waals surface area contributed by atoms with Gasteiger partial charge >= 0.3 is 0 Å². The van der Waals surface area contributed by atoms with Gasteiger partial charge in [-0.1, -0.05) is 41.6 Å². The van der Waals surface area contributed by atoms with Crippen LogP contribution in [0.5, 0.6) is 5.75 Å². The van der Waals surface area contributed by atoms with Crippen LogP contribution < -0.4 is 10.5 Å². The predicted molar refractivity (Wildman–Crippen MR) is 103 cm³/mol. The molecule has 0 atom stereocenters. The molecule has 0 aliphatic rings. The van der Waals surface area contributed by atoms with Gasteiger partial charge in [-0.15, -0.1) is 10.2 Å². The van der Waals surface area contributed by atoms with E-state index in [1.54, 1.807) is 0 Å². The van der Waals surface area contributed by atoms with Crippen molar-refractivity contribution in [2.45, 2.75) is 19.0 Å². The maximum absolute atomic E-state index is 11.2. The third kappa shape index (κ3) is 4.05. The summed E-state index contributed by atoms with van der Waals surface area (Å²) in [6, 6.07) is 15.8. The molecule has 1 heterocycles. The minimum atomic E-state index is -0.395. The lowest BCUT2D eigenvalue weighted by Crippen LogP contribution is -2.13. The molecule has 0 radical (unpaired) electrons. The quantitative estimate of drug-likeness (QED) is 0.648. The van der Waals surface area contributed by atoms with Gasteiger partial charge in [0.15, 0.2) is 11.0 Å². The second kappa shape index (κ2) is 8.05. The Morgan fingerprint density at radius 1 is 1.12 bits per heavy atom. The first-order valence-electron chi connectivity index (χ1n) is 8.25. The van der Waals surface area contributed by atoms with Crippen LogP contribution in [0.1, 0.15) is 12.5 Å². The lowest BCUT2D eigenvalue weighted by Gasteiger charge is -2.11. The first-order valence-corrected chi connectivity index (χ1v) is 9.24. The molecule has 0 spiro atoms. The van der Waals surface area contributed by atoms with Gasteiger partial charge < -0.3 is 10.5 Å². The normalized spacial score (nSPS) is 10.7. The smallest absolute Gasteiger partial charge is 0.227 e. The number of aryl methyl sites for hydroxylation is 1. The number of rotatable bonds is 7. The van der Waals surface area contributed by atoms with Gasteiger partial charge in [0.2, 0.25) is 5.91 Å². The number of nitrogens with zero attached hydrogens (tertiary/aromatic N) is 3. The summed E-state index contributed by atoms with van der Waals surface area (Å²) in [5.41, 5.74) is 8.29. The molecule has 0 aliphatic heterocycles. The van der Waals surface area contributed by atoms with Crippen LogP contribution in [0.2, 0.25) is 0 Å². The summed E-state index contributed by atoms with van der Waals surface area (Å²) in [6.45, 7) is 4.59. The molecule has 3 aromatic rings. The molecule has 3 rings (SSSR count). The number of carbonyl (C=O) groups excluding carboxylic acids is 1. The zero-order valence-electron chi connectivity index (χ0n) is 14.7. The Morgan fingerprint density at radius 2 is 1.81 bits per heavy atom. The lowest BCUT2D eigenvalue weighted by atomic mass is 10.1. The summed E-state index contributed by atoms with van der Waals surface area (Å²) in [5.74, 6) is 1.25. The SMILES string of the molecule is CCOc1ccc(-n2c(SCC(N)=O)nnc2-c2ccc(C)cc2)cc1. The highest BCUT2D eigenvalue weighted by atomic mass is 32.2. The van der Waals surface area contributed by atoms with E-state index in [2.05, 4.69) is 10.2 Å². The number of hydrogen-bond acceptors (Lipinski definition) is 5. The van der Waals surface area contributed by atoms with Crippen LogP contribution in [0.15, 0.2) is 53.7 Å². The van der Waals surface area contributed by atoms with Crippen LogP contribution in [0.25, 0.3) is 17.1 Å². The Kier molecular flexibility index (Phi) is 5.58. The molecule has 1 aromatic heterocycles. The van der Waals surface area contributed by atoms with E-state index in [1.807, 2.05) is 66.9 Å². The van der Waals surface area contributed by atoms with Gasteiger partial charge in [0, 0.05) is 11.3 Å². The number of ether oxygens (including phenoxy) is 1. The standard InChI is InChI=1S/C19H20N4O2S/c1-3-25-16-10-8-15(9-11-16)23-18(14-6-4-13(2)5-7-14)21-22-19(23)26-12-17(20)24/h4-11H,3,12H2,1-2H3,(H2,20,24). The molecule has 0 saturated carbocycles. The molecule has 6 nitrogen and oxygen atoms in total. The topological polar surface area (TPSA) is 83.0 Å².